The summed E-state index contributed by atoms with van der Waals surface area (Å²) in [5.41, 5.74) is -0.466. The second kappa shape index (κ2) is 3.05. The molecule has 1 heterocycles. The SMILES string of the molecule is O=[N+]([O-])c1oc2ccccc2c1[N+](=O)[O-]. The largest absolute Gasteiger partial charge is 0.513 e. The van der Waals surface area contributed by atoms with Crippen LogP contribution in [0.4, 0.5) is 11.6 Å². The van der Waals surface area contributed by atoms with Crippen molar-refractivity contribution in [1.29, 1.82) is 0 Å². The molecule has 15 heavy (non-hydrogen) atoms. The molecule has 0 fully saturated rings. The molecular weight excluding hydrogens is 204 g/mol. The van der Waals surface area contributed by atoms with Crippen LogP contribution in [0.15, 0.2) is 28.7 Å². The van der Waals surface area contributed by atoms with Gasteiger partial charge in [-0.2, -0.15) is 0 Å². The van der Waals surface area contributed by atoms with Gasteiger partial charge >= 0.3 is 11.6 Å². The van der Waals surface area contributed by atoms with Crippen LogP contribution in [0.2, 0.25) is 0 Å². The van der Waals surface area contributed by atoms with Gasteiger partial charge in [0.1, 0.15) is 15.9 Å². The maximum absolute atomic E-state index is 10.6. The zero-order valence-corrected chi connectivity index (χ0v) is 7.25. The van der Waals surface area contributed by atoms with Gasteiger partial charge in [-0.05, 0) is 12.1 Å². The van der Waals surface area contributed by atoms with Crippen molar-refractivity contribution >= 4 is 22.5 Å². The van der Waals surface area contributed by atoms with Crippen LogP contribution in [-0.4, -0.2) is 9.85 Å². The van der Waals surface area contributed by atoms with Crippen LogP contribution in [0.25, 0.3) is 11.0 Å². The van der Waals surface area contributed by atoms with Crippen molar-refractivity contribution in [2.24, 2.45) is 0 Å². The fraction of sp³-hybridized carbons (Fsp3) is 0. The molecule has 7 heteroatoms. The van der Waals surface area contributed by atoms with E-state index >= 15 is 0 Å². The molecule has 7 nitrogen and oxygen atoms in total. The maximum atomic E-state index is 10.6. The molecule has 1 aromatic heterocycles. The molecule has 1 aromatic carbocycles. The van der Waals surface area contributed by atoms with Gasteiger partial charge in [-0.25, -0.2) is 0 Å². The number of nitrogens with zero attached hydrogens (tertiary/aromatic N) is 2. The van der Waals surface area contributed by atoms with Crippen molar-refractivity contribution in [2.45, 2.75) is 0 Å². The molecule has 0 bridgehead atoms. The second-order valence-electron chi connectivity index (χ2n) is 2.77. The summed E-state index contributed by atoms with van der Waals surface area (Å²) in [5, 5.41) is 21.3. The summed E-state index contributed by atoms with van der Waals surface area (Å²) < 4.78 is 4.78. The first-order valence-electron chi connectivity index (χ1n) is 3.91. The molecule has 0 saturated heterocycles. The molecule has 0 N–H and O–H groups in total. The monoisotopic (exact) mass is 208 g/mol. The summed E-state index contributed by atoms with van der Waals surface area (Å²) in [6.07, 6.45) is 0. The molecule has 2 rings (SSSR count). The van der Waals surface area contributed by atoms with E-state index in [1.165, 1.54) is 12.1 Å². The van der Waals surface area contributed by atoms with Crippen molar-refractivity contribution in [2.75, 3.05) is 0 Å². The number of para-hydroxylation sites is 1. The molecule has 0 spiro atoms. The number of rotatable bonds is 2. The highest BCUT2D eigenvalue weighted by Gasteiger charge is 2.33. The molecule has 0 saturated carbocycles. The lowest BCUT2D eigenvalue weighted by Gasteiger charge is -1.85. The third kappa shape index (κ3) is 1.30. The van der Waals surface area contributed by atoms with Gasteiger partial charge in [-0.3, -0.25) is 20.2 Å². The lowest BCUT2D eigenvalue weighted by Crippen LogP contribution is -1.92. The van der Waals surface area contributed by atoms with E-state index in [1.807, 2.05) is 0 Å². The Morgan fingerprint density at radius 3 is 2.33 bits per heavy atom. The molecule has 2 aromatic rings. The van der Waals surface area contributed by atoms with E-state index in [9.17, 15) is 20.2 Å². The van der Waals surface area contributed by atoms with Gasteiger partial charge in [0.2, 0.25) is 0 Å². The number of hydrogen-bond donors (Lipinski definition) is 0. The van der Waals surface area contributed by atoms with Crippen LogP contribution in [-0.2, 0) is 0 Å². The Kier molecular flexibility index (Phi) is 1.86. The van der Waals surface area contributed by atoms with Crippen molar-refractivity contribution in [3.05, 3.63) is 44.5 Å². The van der Waals surface area contributed by atoms with E-state index in [-0.39, 0.29) is 11.0 Å². The molecule has 0 unspecified atom stereocenters. The first-order chi connectivity index (χ1) is 7.11. The minimum atomic E-state index is -0.905. The van der Waals surface area contributed by atoms with Crippen molar-refractivity contribution in [3.63, 3.8) is 0 Å². The minimum Gasteiger partial charge on any atom is -0.395 e. The Morgan fingerprint density at radius 1 is 1.07 bits per heavy atom. The minimum absolute atomic E-state index is 0.134. The Labute approximate surface area is 82.2 Å². The Balaban J connectivity index is 2.86. The van der Waals surface area contributed by atoms with E-state index in [0.29, 0.717) is 0 Å². The van der Waals surface area contributed by atoms with E-state index < -0.39 is 21.4 Å². The Hall–Kier alpha value is -2.44. The predicted molar refractivity (Wildman–Crippen MR) is 49.5 cm³/mol. The van der Waals surface area contributed by atoms with Gasteiger partial charge in [0.05, 0.1) is 4.92 Å². The Bertz CT molecular complexity index is 559. The fourth-order valence-corrected chi connectivity index (χ4v) is 1.32. The van der Waals surface area contributed by atoms with Crippen LogP contribution in [0, 0.1) is 20.2 Å². The van der Waals surface area contributed by atoms with Gasteiger partial charge < -0.3 is 4.42 Å². The number of furan rings is 1. The van der Waals surface area contributed by atoms with Gasteiger partial charge in [0.25, 0.3) is 0 Å². The standard InChI is InChI=1S/C8H4N2O5/c11-9(12)7-5-3-1-2-4-6(5)15-8(7)10(13)14/h1-4H. The second-order valence-corrected chi connectivity index (χ2v) is 2.77. The summed E-state index contributed by atoms with van der Waals surface area (Å²) in [6, 6.07) is 5.98. The highest BCUT2D eigenvalue weighted by Crippen LogP contribution is 2.37. The maximum Gasteiger partial charge on any atom is 0.513 e. The molecular formula is C8H4N2O5. The number of benzene rings is 1. The van der Waals surface area contributed by atoms with Crippen LogP contribution in [0.5, 0.6) is 0 Å². The topological polar surface area (TPSA) is 99.4 Å². The van der Waals surface area contributed by atoms with E-state index in [2.05, 4.69) is 0 Å². The number of nitro groups is 2. The summed E-state index contributed by atoms with van der Waals surface area (Å²) in [5.74, 6) is -0.832. The normalized spacial score (nSPS) is 10.4. The summed E-state index contributed by atoms with van der Waals surface area (Å²) in [6.45, 7) is 0. The van der Waals surface area contributed by atoms with Gasteiger partial charge in [0.15, 0.2) is 0 Å². The van der Waals surface area contributed by atoms with Crippen molar-refractivity contribution in [3.8, 4) is 0 Å². The molecule has 0 amide bonds. The summed E-state index contributed by atoms with van der Waals surface area (Å²) in [7, 11) is 0. The predicted octanol–water partition coefficient (Wildman–Crippen LogP) is 2.25. The third-order valence-electron chi connectivity index (χ3n) is 1.90. The number of hydrogen-bond acceptors (Lipinski definition) is 5. The van der Waals surface area contributed by atoms with Gasteiger partial charge in [0, 0.05) is 0 Å². The van der Waals surface area contributed by atoms with E-state index in [0.717, 1.165) is 0 Å². The van der Waals surface area contributed by atoms with Crippen LogP contribution in [0.1, 0.15) is 0 Å². The van der Waals surface area contributed by atoms with Crippen molar-refractivity contribution < 1.29 is 14.3 Å². The zero-order valence-electron chi connectivity index (χ0n) is 7.25. The van der Waals surface area contributed by atoms with Crippen molar-refractivity contribution in [1.82, 2.24) is 0 Å². The summed E-state index contributed by atoms with van der Waals surface area (Å²) >= 11 is 0. The quantitative estimate of drug-likeness (QED) is 0.556. The highest BCUT2D eigenvalue weighted by molar-refractivity contribution is 5.91. The molecule has 0 aliphatic heterocycles. The van der Waals surface area contributed by atoms with Crippen LogP contribution in [0.3, 0.4) is 0 Å². The van der Waals surface area contributed by atoms with Crippen LogP contribution >= 0.6 is 0 Å². The first-order valence-corrected chi connectivity index (χ1v) is 3.91. The fourth-order valence-electron chi connectivity index (χ4n) is 1.32. The zero-order chi connectivity index (χ0) is 11.0. The van der Waals surface area contributed by atoms with E-state index in [1.54, 1.807) is 12.1 Å². The summed E-state index contributed by atoms with van der Waals surface area (Å²) in [4.78, 5) is 19.4. The van der Waals surface area contributed by atoms with Gasteiger partial charge in [-0.15, -0.1) is 0 Å². The molecule has 0 aliphatic carbocycles. The molecule has 0 radical (unpaired) electrons. The number of fused-ring (bicyclic) bond motifs is 1. The Morgan fingerprint density at radius 2 is 1.73 bits per heavy atom. The average Bonchev–Trinajstić information content (AvgIpc) is 2.56. The van der Waals surface area contributed by atoms with E-state index in [4.69, 9.17) is 4.42 Å². The lowest BCUT2D eigenvalue weighted by atomic mass is 10.2. The molecule has 0 aliphatic rings. The smallest absolute Gasteiger partial charge is 0.395 e. The third-order valence-corrected chi connectivity index (χ3v) is 1.90. The first kappa shape index (κ1) is 9.13. The average molecular weight is 208 g/mol. The lowest BCUT2D eigenvalue weighted by molar-refractivity contribution is -0.432. The highest BCUT2D eigenvalue weighted by atomic mass is 16.7. The molecule has 76 valence electrons. The molecule has 0 atom stereocenters. The van der Waals surface area contributed by atoms with Crippen LogP contribution < -0.4 is 0 Å². The van der Waals surface area contributed by atoms with Gasteiger partial charge in [-0.1, -0.05) is 12.1 Å².